The summed E-state index contributed by atoms with van der Waals surface area (Å²) in [6, 6.07) is 6.11. The van der Waals surface area contributed by atoms with Crippen LogP contribution in [-0.4, -0.2) is 42.5 Å². The van der Waals surface area contributed by atoms with Gasteiger partial charge in [-0.25, -0.2) is 13.2 Å². The van der Waals surface area contributed by atoms with Crippen LogP contribution in [0.1, 0.15) is 38.9 Å². The predicted octanol–water partition coefficient (Wildman–Crippen LogP) is 2.66. The number of nitrogens with zero attached hydrogens (tertiary/aromatic N) is 1. The molecule has 0 saturated carbocycles. The van der Waals surface area contributed by atoms with E-state index in [1.54, 1.807) is 26.0 Å². The van der Waals surface area contributed by atoms with Crippen LogP contribution in [0.2, 0.25) is 0 Å². The molecule has 1 aromatic carbocycles. The lowest BCUT2D eigenvalue weighted by Gasteiger charge is -2.30. The maximum Gasteiger partial charge on any atom is 0.409 e. The molecule has 122 valence electrons. The molecule has 1 N–H and O–H groups in total. The molecule has 1 amide bonds. The average Bonchev–Trinajstić information content (AvgIpc) is 2.69. The summed E-state index contributed by atoms with van der Waals surface area (Å²) in [5.74, 6) is 0. The van der Waals surface area contributed by atoms with Crippen molar-refractivity contribution in [3.63, 3.8) is 0 Å². The quantitative estimate of drug-likeness (QED) is 0.922. The van der Waals surface area contributed by atoms with Gasteiger partial charge in [0, 0.05) is 6.26 Å². The molecular weight excluding hydrogens is 306 g/mol. The van der Waals surface area contributed by atoms with Gasteiger partial charge in [0.25, 0.3) is 0 Å². The standard InChI is InChI=1S/C15H21NO5S/c1-5-12-13(21-15(2,3)16(12)14(17)18)10-6-8-11(9-7-10)22(4,19)20/h6-9,12-13H,5H2,1-4H3,(H,17,18)/t12-,13+/m0/s1. The molecule has 1 fully saturated rings. The van der Waals surface area contributed by atoms with Gasteiger partial charge in [0.15, 0.2) is 9.84 Å². The van der Waals surface area contributed by atoms with Crippen LogP contribution >= 0.6 is 0 Å². The summed E-state index contributed by atoms with van der Waals surface area (Å²) in [5, 5.41) is 9.43. The molecule has 0 aromatic heterocycles. The van der Waals surface area contributed by atoms with Gasteiger partial charge in [-0.15, -0.1) is 0 Å². The predicted molar refractivity (Wildman–Crippen MR) is 81.4 cm³/mol. The van der Waals surface area contributed by atoms with Crippen molar-refractivity contribution in [2.24, 2.45) is 0 Å². The van der Waals surface area contributed by atoms with Gasteiger partial charge in [-0.05, 0) is 38.0 Å². The summed E-state index contributed by atoms with van der Waals surface area (Å²) in [6.45, 7) is 5.34. The Balaban J connectivity index is 2.38. The van der Waals surface area contributed by atoms with Crippen molar-refractivity contribution in [3.05, 3.63) is 29.8 Å². The first kappa shape index (κ1) is 16.8. The number of hydrogen-bond donors (Lipinski definition) is 1. The second-order valence-corrected chi connectivity index (χ2v) is 7.97. The van der Waals surface area contributed by atoms with Gasteiger partial charge < -0.3 is 9.84 Å². The number of rotatable bonds is 3. The van der Waals surface area contributed by atoms with Gasteiger partial charge >= 0.3 is 6.09 Å². The number of amides is 1. The van der Waals surface area contributed by atoms with Crippen LogP contribution in [0.15, 0.2) is 29.2 Å². The molecular formula is C15H21NO5S. The van der Waals surface area contributed by atoms with Crippen molar-refractivity contribution in [1.82, 2.24) is 4.90 Å². The molecule has 1 aliphatic heterocycles. The average molecular weight is 327 g/mol. The SMILES string of the molecule is CC[C@H]1[C@@H](c2ccc(S(C)(=O)=O)cc2)OC(C)(C)N1C(=O)O. The highest BCUT2D eigenvalue weighted by molar-refractivity contribution is 7.90. The molecule has 0 bridgehead atoms. The van der Waals surface area contributed by atoms with E-state index in [0.717, 1.165) is 11.8 Å². The molecule has 1 aliphatic rings. The van der Waals surface area contributed by atoms with Gasteiger partial charge in [0.1, 0.15) is 11.8 Å². The first-order valence-electron chi connectivity index (χ1n) is 7.08. The molecule has 22 heavy (non-hydrogen) atoms. The van der Waals surface area contributed by atoms with Crippen LogP contribution in [-0.2, 0) is 14.6 Å². The number of ether oxygens (including phenoxy) is 1. The summed E-state index contributed by atoms with van der Waals surface area (Å²) in [7, 11) is -3.25. The van der Waals surface area contributed by atoms with E-state index in [1.807, 2.05) is 6.92 Å². The number of carbonyl (C=O) groups is 1. The zero-order chi connectivity index (χ0) is 16.7. The van der Waals surface area contributed by atoms with Crippen molar-refractivity contribution in [1.29, 1.82) is 0 Å². The van der Waals surface area contributed by atoms with Crippen molar-refractivity contribution < 1.29 is 23.1 Å². The van der Waals surface area contributed by atoms with E-state index in [4.69, 9.17) is 4.74 Å². The minimum Gasteiger partial charge on any atom is -0.465 e. The Kier molecular flexibility index (Phi) is 4.23. The van der Waals surface area contributed by atoms with Crippen LogP contribution in [0.4, 0.5) is 4.79 Å². The molecule has 1 heterocycles. The summed E-state index contributed by atoms with van der Waals surface area (Å²) in [4.78, 5) is 13.1. The van der Waals surface area contributed by atoms with Crippen molar-refractivity contribution in [3.8, 4) is 0 Å². The topological polar surface area (TPSA) is 83.9 Å². The minimum atomic E-state index is -3.25. The number of hydrogen-bond acceptors (Lipinski definition) is 4. The highest BCUT2D eigenvalue weighted by atomic mass is 32.2. The zero-order valence-corrected chi connectivity index (χ0v) is 13.9. The van der Waals surface area contributed by atoms with Gasteiger partial charge in [-0.3, -0.25) is 4.90 Å². The van der Waals surface area contributed by atoms with Gasteiger partial charge in [-0.2, -0.15) is 0 Å². The third-order valence-electron chi connectivity index (χ3n) is 3.94. The van der Waals surface area contributed by atoms with E-state index in [2.05, 4.69) is 0 Å². The molecule has 6 nitrogen and oxygen atoms in total. The number of carboxylic acid groups (broad SMARTS) is 1. The Labute approximate surface area is 130 Å². The molecule has 0 unspecified atom stereocenters. The van der Waals surface area contributed by atoms with E-state index in [9.17, 15) is 18.3 Å². The van der Waals surface area contributed by atoms with E-state index < -0.39 is 27.8 Å². The maximum absolute atomic E-state index is 11.5. The van der Waals surface area contributed by atoms with Crippen LogP contribution in [0.3, 0.4) is 0 Å². The summed E-state index contributed by atoms with van der Waals surface area (Å²) in [6.07, 6.45) is 0.323. The zero-order valence-electron chi connectivity index (χ0n) is 13.1. The lowest BCUT2D eigenvalue weighted by Crippen LogP contribution is -2.47. The van der Waals surface area contributed by atoms with E-state index in [1.165, 1.54) is 17.0 Å². The first-order chi connectivity index (χ1) is 10.1. The fourth-order valence-corrected chi connectivity index (χ4v) is 3.57. The van der Waals surface area contributed by atoms with Crippen LogP contribution in [0, 0.1) is 0 Å². The summed E-state index contributed by atoms with van der Waals surface area (Å²) in [5.41, 5.74) is -0.150. The van der Waals surface area contributed by atoms with Crippen molar-refractivity contribution >= 4 is 15.9 Å². The minimum absolute atomic E-state index is 0.233. The smallest absolute Gasteiger partial charge is 0.409 e. The Morgan fingerprint density at radius 2 is 1.86 bits per heavy atom. The summed E-state index contributed by atoms with van der Waals surface area (Å²) >= 11 is 0. The summed E-state index contributed by atoms with van der Waals surface area (Å²) < 4.78 is 29.0. The Hall–Kier alpha value is -1.60. The van der Waals surface area contributed by atoms with Crippen molar-refractivity contribution in [2.75, 3.05) is 6.26 Å². The lowest BCUT2D eigenvalue weighted by molar-refractivity contribution is -0.0673. The van der Waals surface area contributed by atoms with E-state index >= 15 is 0 Å². The maximum atomic E-state index is 11.5. The fourth-order valence-electron chi connectivity index (χ4n) is 2.94. The fraction of sp³-hybridized carbons (Fsp3) is 0.533. The molecule has 0 aliphatic carbocycles. The first-order valence-corrected chi connectivity index (χ1v) is 8.97. The van der Waals surface area contributed by atoms with E-state index in [0.29, 0.717) is 6.42 Å². The highest BCUT2D eigenvalue weighted by Crippen LogP contribution is 2.42. The van der Waals surface area contributed by atoms with E-state index in [-0.39, 0.29) is 10.9 Å². The normalized spacial score (nSPS) is 24.5. The van der Waals surface area contributed by atoms with Gasteiger partial charge in [0.2, 0.25) is 0 Å². The monoisotopic (exact) mass is 327 g/mol. The Morgan fingerprint density at radius 3 is 2.27 bits per heavy atom. The van der Waals surface area contributed by atoms with Crippen LogP contribution < -0.4 is 0 Å². The Morgan fingerprint density at radius 1 is 1.32 bits per heavy atom. The number of benzene rings is 1. The van der Waals surface area contributed by atoms with Crippen LogP contribution in [0.5, 0.6) is 0 Å². The lowest BCUT2D eigenvalue weighted by atomic mass is 10.00. The second-order valence-electron chi connectivity index (χ2n) is 5.95. The molecule has 0 spiro atoms. The van der Waals surface area contributed by atoms with Gasteiger partial charge in [-0.1, -0.05) is 19.1 Å². The molecule has 0 radical (unpaired) electrons. The second kappa shape index (κ2) is 5.55. The molecule has 2 atom stereocenters. The molecule has 1 aromatic rings. The number of sulfone groups is 1. The van der Waals surface area contributed by atoms with Crippen LogP contribution in [0.25, 0.3) is 0 Å². The molecule has 7 heteroatoms. The third kappa shape index (κ3) is 2.96. The largest absolute Gasteiger partial charge is 0.465 e. The van der Waals surface area contributed by atoms with Crippen molar-refractivity contribution in [2.45, 2.75) is 50.0 Å². The van der Waals surface area contributed by atoms with Gasteiger partial charge in [0.05, 0.1) is 10.9 Å². The Bertz CT molecular complexity index is 666. The highest BCUT2D eigenvalue weighted by Gasteiger charge is 2.49. The third-order valence-corrected chi connectivity index (χ3v) is 5.07. The molecule has 2 rings (SSSR count). The molecule has 1 saturated heterocycles.